The number of aromatic amines is 1. The number of amides is 2. The largest absolute Gasteiger partial charge is 0.383 e. The highest BCUT2D eigenvalue weighted by Gasteiger charge is 2.30. The summed E-state index contributed by atoms with van der Waals surface area (Å²) >= 11 is 0. The molecular weight excluding hydrogens is 506 g/mol. The molecule has 0 saturated carbocycles. The Labute approximate surface area is 236 Å². The van der Waals surface area contributed by atoms with Gasteiger partial charge in [0, 0.05) is 42.4 Å². The second-order valence-corrected chi connectivity index (χ2v) is 14.0. The molecule has 1 aliphatic rings. The van der Waals surface area contributed by atoms with Crippen molar-refractivity contribution in [3.8, 4) is 11.2 Å². The molecule has 212 valence electrons. The molecule has 1 unspecified atom stereocenters. The van der Waals surface area contributed by atoms with Crippen LogP contribution in [0.2, 0.25) is 0 Å². The maximum Gasteiger partial charge on any atom is 0.251 e. The molecule has 2 amide bonds. The molecule has 0 bridgehead atoms. The Morgan fingerprint density at radius 3 is 2.33 bits per heavy atom. The van der Waals surface area contributed by atoms with Crippen LogP contribution in [0, 0.1) is 11.2 Å². The maximum absolute atomic E-state index is 12.2. The van der Waals surface area contributed by atoms with Crippen LogP contribution in [0.15, 0.2) is 48.5 Å². The zero-order chi connectivity index (χ0) is 28.8. The Morgan fingerprint density at radius 1 is 1.13 bits per heavy atom. The number of hydrogen-bond acceptors (Lipinski definition) is 3. The molecule has 1 atom stereocenters. The Bertz CT molecular complexity index is 1250. The molecule has 0 saturated heterocycles. The summed E-state index contributed by atoms with van der Waals surface area (Å²) in [4.78, 5) is 29.2. The van der Waals surface area contributed by atoms with Crippen molar-refractivity contribution >= 4 is 33.2 Å². The minimum Gasteiger partial charge on any atom is -0.383 e. The van der Waals surface area contributed by atoms with Gasteiger partial charge in [-0.2, -0.15) is 10.0 Å². The van der Waals surface area contributed by atoms with E-state index in [9.17, 15) is 9.59 Å². The van der Waals surface area contributed by atoms with Crippen LogP contribution < -0.4 is 5.32 Å². The molecule has 2 N–H and O–H groups in total. The minimum atomic E-state index is -0.535. The van der Waals surface area contributed by atoms with Crippen LogP contribution in [0.4, 0.5) is 0 Å². The number of unbranched alkanes of at least 4 members (excludes halogenated alkanes) is 1. The zero-order valence-corrected chi connectivity index (χ0v) is 25.4. The number of ether oxygens (including phenoxy) is 1. The molecule has 6 nitrogen and oxygen atoms in total. The van der Waals surface area contributed by atoms with E-state index >= 15 is 0 Å². The maximum atomic E-state index is 12.2. The van der Waals surface area contributed by atoms with Gasteiger partial charge in [-0.25, -0.2) is 0 Å². The smallest absolute Gasteiger partial charge is 0.251 e. The van der Waals surface area contributed by atoms with Crippen molar-refractivity contribution in [2.24, 2.45) is 0 Å². The summed E-state index contributed by atoms with van der Waals surface area (Å²) in [7, 11) is 1.06. The third-order valence-electron chi connectivity index (χ3n) is 6.20. The number of carbonyl (C=O) groups is 2. The lowest BCUT2D eigenvalue weighted by molar-refractivity contribution is -0.120. The molecule has 39 heavy (non-hydrogen) atoms. The summed E-state index contributed by atoms with van der Waals surface area (Å²) in [5, 5.41) is 7.14. The fraction of sp³-hybridized carbons (Fsp3) is 0.438. The number of nitrogens with zero attached hydrogens (tertiary/aromatic N) is 1. The number of methoxy groups -OCH3 is 1. The third-order valence-corrected chi connectivity index (χ3v) is 7.01. The Kier molecular flexibility index (Phi) is 13.1. The fourth-order valence-corrected chi connectivity index (χ4v) is 4.84. The van der Waals surface area contributed by atoms with Gasteiger partial charge in [-0.3, -0.25) is 9.59 Å². The van der Waals surface area contributed by atoms with E-state index in [1.54, 1.807) is 19.2 Å². The number of carbonyl (C=O) groups excluding carboxylic acids is 2. The first kappa shape index (κ1) is 32.0. The Hall–Kier alpha value is -3.21. The normalized spacial score (nSPS) is 14.4. The van der Waals surface area contributed by atoms with Crippen molar-refractivity contribution in [1.29, 1.82) is 0 Å². The van der Waals surface area contributed by atoms with E-state index in [0.717, 1.165) is 29.6 Å². The number of nitrogens with one attached hydrogen (secondary N) is 2. The Morgan fingerprint density at radius 2 is 1.79 bits per heavy atom. The van der Waals surface area contributed by atoms with Crippen molar-refractivity contribution in [3.63, 3.8) is 0 Å². The number of H-pyrrole nitrogens is 1. The van der Waals surface area contributed by atoms with Gasteiger partial charge in [0.05, 0.1) is 12.6 Å². The monoisotopic (exact) mass is 551 g/mol. The van der Waals surface area contributed by atoms with E-state index in [0.29, 0.717) is 25.3 Å². The molecule has 0 aliphatic carbocycles. The molecule has 1 aliphatic heterocycles. The summed E-state index contributed by atoms with van der Waals surface area (Å²) < 4.78 is 4.95. The number of rotatable bonds is 7. The molecule has 7 heteroatoms. The van der Waals surface area contributed by atoms with Gasteiger partial charge in [-0.05, 0) is 61.4 Å². The first-order valence-electron chi connectivity index (χ1n) is 13.5. The number of hydrogen-bond donors (Lipinski definition) is 2. The third kappa shape index (κ3) is 9.49. The highest BCUT2D eigenvalue weighted by atomic mass is 32.3. The average molecular weight is 552 g/mol. The second-order valence-electron chi connectivity index (χ2n) is 10.1. The van der Waals surface area contributed by atoms with Crippen LogP contribution in [0.3, 0.4) is 0 Å². The van der Waals surface area contributed by atoms with Gasteiger partial charge in [0.2, 0.25) is 6.41 Å². The van der Waals surface area contributed by atoms with E-state index < -0.39 is 10.0 Å². The first-order chi connectivity index (χ1) is 18.7. The molecule has 3 aromatic rings. The van der Waals surface area contributed by atoms with Crippen LogP contribution in [-0.2, 0) is 16.0 Å². The van der Waals surface area contributed by atoms with Crippen LogP contribution in [0.1, 0.15) is 66.8 Å². The first-order valence-corrected chi connectivity index (χ1v) is 16.4. The molecule has 4 rings (SSSR count). The van der Waals surface area contributed by atoms with Crippen molar-refractivity contribution in [1.82, 2.24) is 15.2 Å². The van der Waals surface area contributed by atoms with Crippen molar-refractivity contribution < 1.29 is 14.3 Å². The topological polar surface area (TPSA) is 74.4 Å². The van der Waals surface area contributed by atoms with E-state index in [2.05, 4.69) is 66.2 Å². The van der Waals surface area contributed by atoms with Gasteiger partial charge in [0.15, 0.2) is 0 Å². The van der Waals surface area contributed by atoms with E-state index in [-0.39, 0.29) is 11.9 Å². The second kappa shape index (κ2) is 16.0. The van der Waals surface area contributed by atoms with Crippen molar-refractivity contribution in [2.75, 3.05) is 45.6 Å². The van der Waals surface area contributed by atoms with Gasteiger partial charge in [0.25, 0.3) is 5.91 Å². The number of aromatic nitrogens is 1. The lowest BCUT2D eigenvalue weighted by atomic mass is 9.92. The Balaban J connectivity index is 0.000000412. The van der Waals surface area contributed by atoms with E-state index in [4.69, 9.17) is 4.74 Å². The number of fused-ring (bicyclic) bond motifs is 3. The molecule has 1 aromatic heterocycles. The molecule has 2 aromatic carbocycles. The minimum absolute atomic E-state index is 0.134. The molecular formula is C32H45N3O3S. The summed E-state index contributed by atoms with van der Waals surface area (Å²) in [6, 6.07) is 15.5. The van der Waals surface area contributed by atoms with Crippen LogP contribution in [0.5, 0.6) is 0 Å². The standard InChI is InChI=1S/C22H23N3O3.C6H12S.C4H10/c1-28-13-11-23-22(27)16-8-6-15(7-9-16)21-20-18(10-12-25(21)14-26)17-4-2-3-5-19(17)24-20;1-5-6-7(2,3)4;1-3-4-2/h2-9,14,21,24H,10-13H2,1H3,(H,23,27);1-4H3;3-4H2,1-2H3. The zero-order valence-electron chi connectivity index (χ0n) is 24.6. The van der Waals surface area contributed by atoms with Gasteiger partial charge < -0.3 is 19.9 Å². The lowest BCUT2D eigenvalue weighted by Crippen LogP contribution is -2.35. The number of benzene rings is 2. The highest BCUT2D eigenvalue weighted by Crippen LogP contribution is 2.37. The SMILES string of the molecule is CC#CS(C)(C)C.CCCC.COCCNC(=O)c1ccc(C2c3[nH]c4ccccc4c3CCN2C=O)cc1. The fourth-order valence-electron chi connectivity index (χ4n) is 4.22. The summed E-state index contributed by atoms with van der Waals surface area (Å²) in [6.07, 6.45) is 10.9. The number of para-hydroxylation sites is 1. The van der Waals surface area contributed by atoms with Crippen LogP contribution >= 0.6 is 10.0 Å². The molecule has 2 heterocycles. The van der Waals surface area contributed by atoms with Crippen molar-refractivity contribution in [3.05, 3.63) is 70.9 Å². The summed E-state index contributed by atoms with van der Waals surface area (Å²) in [6.45, 7) is 7.86. The van der Waals surface area contributed by atoms with Gasteiger partial charge in [-0.15, -0.1) is 0 Å². The molecule has 0 spiro atoms. The van der Waals surface area contributed by atoms with Gasteiger partial charge in [-0.1, -0.05) is 68.2 Å². The van der Waals surface area contributed by atoms with Crippen LogP contribution in [0.25, 0.3) is 10.9 Å². The van der Waals surface area contributed by atoms with E-state index in [1.165, 1.54) is 23.8 Å². The lowest BCUT2D eigenvalue weighted by Gasteiger charge is -2.33. The van der Waals surface area contributed by atoms with E-state index in [1.807, 2.05) is 36.1 Å². The average Bonchev–Trinajstić information content (AvgIpc) is 3.31. The highest BCUT2D eigenvalue weighted by molar-refractivity contribution is 8.35. The summed E-state index contributed by atoms with van der Waals surface area (Å²) in [5.74, 6) is 2.76. The quantitative estimate of drug-likeness (QED) is 0.211. The summed E-state index contributed by atoms with van der Waals surface area (Å²) in [5.41, 5.74) is 4.97. The van der Waals surface area contributed by atoms with Gasteiger partial charge in [0.1, 0.15) is 0 Å². The predicted octanol–water partition coefficient (Wildman–Crippen LogP) is 6.12. The van der Waals surface area contributed by atoms with Gasteiger partial charge >= 0.3 is 0 Å². The molecule has 0 radical (unpaired) electrons. The molecule has 0 fully saturated rings. The van der Waals surface area contributed by atoms with Crippen LogP contribution in [-0.4, -0.2) is 67.8 Å². The predicted molar refractivity (Wildman–Crippen MR) is 167 cm³/mol. The van der Waals surface area contributed by atoms with Crippen molar-refractivity contribution in [2.45, 2.75) is 46.1 Å².